The lowest BCUT2D eigenvalue weighted by molar-refractivity contribution is -0.131. The van der Waals surface area contributed by atoms with Gasteiger partial charge in [-0.3, -0.25) is 4.79 Å². The van der Waals surface area contributed by atoms with Gasteiger partial charge in [-0.2, -0.15) is 0 Å². The van der Waals surface area contributed by atoms with E-state index in [1.165, 1.54) is 12.1 Å². The molecule has 2 atom stereocenters. The zero-order valence-corrected chi connectivity index (χ0v) is 12.2. The van der Waals surface area contributed by atoms with Gasteiger partial charge in [-0.15, -0.1) is 0 Å². The van der Waals surface area contributed by atoms with Gasteiger partial charge < -0.3 is 10.6 Å². The van der Waals surface area contributed by atoms with Gasteiger partial charge in [0, 0.05) is 6.54 Å². The minimum atomic E-state index is -0.295. The van der Waals surface area contributed by atoms with Crippen LogP contribution >= 0.6 is 0 Å². The van der Waals surface area contributed by atoms with Crippen molar-refractivity contribution in [1.82, 2.24) is 10.6 Å². The Labute approximate surface area is 120 Å². The molecule has 0 radical (unpaired) electrons. The van der Waals surface area contributed by atoms with E-state index in [1.807, 2.05) is 13.0 Å². The lowest BCUT2D eigenvalue weighted by Crippen LogP contribution is -2.43. The minimum Gasteiger partial charge on any atom is -0.349 e. The van der Waals surface area contributed by atoms with Crippen LogP contribution in [0.4, 0.5) is 4.39 Å². The Morgan fingerprint density at radius 1 is 1.55 bits per heavy atom. The third-order valence-corrected chi connectivity index (χ3v) is 4.15. The Bertz CT molecular complexity index is 469. The van der Waals surface area contributed by atoms with Crippen LogP contribution in [-0.2, 0) is 4.79 Å². The highest BCUT2D eigenvalue weighted by Gasteiger charge is 2.40. The van der Waals surface area contributed by atoms with Gasteiger partial charge in [-0.1, -0.05) is 25.5 Å². The van der Waals surface area contributed by atoms with Gasteiger partial charge in [-0.05, 0) is 44.0 Å². The predicted octanol–water partition coefficient (Wildman–Crippen LogP) is 2.78. The Morgan fingerprint density at radius 3 is 2.95 bits per heavy atom. The van der Waals surface area contributed by atoms with Crippen LogP contribution in [0.15, 0.2) is 24.3 Å². The van der Waals surface area contributed by atoms with E-state index >= 15 is 0 Å². The van der Waals surface area contributed by atoms with E-state index < -0.39 is 0 Å². The van der Waals surface area contributed by atoms with E-state index in [4.69, 9.17) is 0 Å². The molecule has 1 aromatic rings. The number of carbonyl (C=O) groups is 1. The smallest absolute Gasteiger partial charge is 0.228 e. The van der Waals surface area contributed by atoms with E-state index in [2.05, 4.69) is 17.6 Å². The first-order valence-electron chi connectivity index (χ1n) is 7.34. The monoisotopic (exact) mass is 278 g/mol. The number of halogens is 1. The second-order valence-electron chi connectivity index (χ2n) is 5.71. The zero-order chi connectivity index (χ0) is 14.6. The first-order chi connectivity index (χ1) is 9.57. The molecule has 0 bridgehead atoms. The fourth-order valence-corrected chi connectivity index (χ4v) is 2.95. The number of amides is 1. The Morgan fingerprint density at radius 2 is 2.35 bits per heavy atom. The second kappa shape index (κ2) is 6.35. The van der Waals surface area contributed by atoms with Crippen molar-refractivity contribution in [2.45, 2.75) is 39.2 Å². The third-order valence-electron chi connectivity index (χ3n) is 4.15. The number of hydrogen-bond acceptors (Lipinski definition) is 2. The van der Waals surface area contributed by atoms with Crippen molar-refractivity contribution in [1.29, 1.82) is 0 Å². The summed E-state index contributed by atoms with van der Waals surface area (Å²) in [5, 5.41) is 6.33. The van der Waals surface area contributed by atoms with Crippen molar-refractivity contribution in [3.05, 3.63) is 35.6 Å². The van der Waals surface area contributed by atoms with Gasteiger partial charge in [0.15, 0.2) is 0 Å². The highest BCUT2D eigenvalue weighted by atomic mass is 19.1. The summed E-state index contributed by atoms with van der Waals surface area (Å²) in [6, 6.07) is 6.23. The summed E-state index contributed by atoms with van der Waals surface area (Å²) in [6.07, 6.45) is 2.76. The highest BCUT2D eigenvalue weighted by Crippen LogP contribution is 2.32. The van der Waals surface area contributed by atoms with Crippen LogP contribution in [0.2, 0.25) is 0 Å². The second-order valence-corrected chi connectivity index (χ2v) is 5.71. The van der Waals surface area contributed by atoms with Crippen molar-refractivity contribution in [2.75, 3.05) is 13.1 Å². The molecule has 1 aromatic carbocycles. The zero-order valence-electron chi connectivity index (χ0n) is 12.2. The van der Waals surface area contributed by atoms with E-state index in [9.17, 15) is 9.18 Å². The average molecular weight is 278 g/mol. The summed E-state index contributed by atoms with van der Waals surface area (Å²) in [5.74, 6) is -0.185. The molecule has 1 amide bonds. The van der Waals surface area contributed by atoms with Crippen molar-refractivity contribution in [3.8, 4) is 0 Å². The van der Waals surface area contributed by atoms with Crippen LogP contribution in [0, 0.1) is 11.2 Å². The average Bonchev–Trinajstić information content (AvgIpc) is 2.89. The molecule has 1 heterocycles. The molecule has 2 N–H and O–H groups in total. The number of benzene rings is 1. The standard InChI is InChI=1S/C16H23FN2O/c1-3-7-16(8-9-18-11-16)15(20)19-12(2)13-5-4-6-14(17)10-13/h4-6,10,12,18H,3,7-9,11H2,1-2H3,(H,19,20)/t12-,16?/m1/s1. The molecule has 1 aliphatic rings. The topological polar surface area (TPSA) is 41.1 Å². The molecule has 1 unspecified atom stereocenters. The number of nitrogens with one attached hydrogen (secondary N) is 2. The molecular formula is C16H23FN2O. The molecule has 110 valence electrons. The van der Waals surface area contributed by atoms with Crippen LogP contribution in [0.3, 0.4) is 0 Å². The van der Waals surface area contributed by atoms with E-state index in [0.29, 0.717) is 0 Å². The summed E-state index contributed by atoms with van der Waals surface area (Å²) in [6.45, 7) is 5.63. The molecule has 2 rings (SSSR count). The van der Waals surface area contributed by atoms with Gasteiger partial charge in [0.2, 0.25) is 5.91 Å². The lowest BCUT2D eigenvalue weighted by atomic mass is 9.81. The SMILES string of the molecule is CCCC1(C(=O)N[C@H](C)c2cccc(F)c2)CCNC1. The first-order valence-corrected chi connectivity index (χ1v) is 7.34. The number of carbonyl (C=O) groups excluding carboxylic acids is 1. The van der Waals surface area contributed by atoms with Crippen molar-refractivity contribution in [2.24, 2.45) is 5.41 Å². The van der Waals surface area contributed by atoms with E-state index in [-0.39, 0.29) is 23.2 Å². The van der Waals surface area contributed by atoms with Gasteiger partial charge >= 0.3 is 0 Å². The molecule has 0 spiro atoms. The molecular weight excluding hydrogens is 255 g/mol. The van der Waals surface area contributed by atoms with Crippen LogP contribution in [0.5, 0.6) is 0 Å². The van der Waals surface area contributed by atoms with Crippen molar-refractivity contribution in [3.63, 3.8) is 0 Å². The van der Waals surface area contributed by atoms with Crippen molar-refractivity contribution >= 4 is 5.91 Å². The fourth-order valence-electron chi connectivity index (χ4n) is 2.95. The van der Waals surface area contributed by atoms with Gasteiger partial charge in [0.25, 0.3) is 0 Å². The van der Waals surface area contributed by atoms with Gasteiger partial charge in [-0.25, -0.2) is 4.39 Å². The molecule has 0 aliphatic carbocycles. The summed E-state index contributed by atoms with van der Waals surface area (Å²) >= 11 is 0. The van der Waals surface area contributed by atoms with E-state index in [1.54, 1.807) is 6.07 Å². The molecule has 1 aliphatic heterocycles. The van der Waals surface area contributed by atoms with Gasteiger partial charge in [0.1, 0.15) is 5.82 Å². The van der Waals surface area contributed by atoms with Crippen LogP contribution in [-0.4, -0.2) is 19.0 Å². The summed E-state index contributed by atoms with van der Waals surface area (Å²) in [7, 11) is 0. The molecule has 3 nitrogen and oxygen atoms in total. The molecule has 1 saturated heterocycles. The number of rotatable bonds is 5. The first kappa shape index (κ1) is 15.0. The summed E-state index contributed by atoms with van der Waals surface area (Å²) in [5.41, 5.74) is 0.507. The maximum Gasteiger partial charge on any atom is 0.228 e. The van der Waals surface area contributed by atoms with Crippen LogP contribution in [0.1, 0.15) is 44.7 Å². The van der Waals surface area contributed by atoms with Crippen molar-refractivity contribution < 1.29 is 9.18 Å². The van der Waals surface area contributed by atoms with Crippen LogP contribution < -0.4 is 10.6 Å². The maximum atomic E-state index is 13.2. The predicted molar refractivity (Wildman–Crippen MR) is 77.8 cm³/mol. The fraction of sp³-hybridized carbons (Fsp3) is 0.562. The lowest BCUT2D eigenvalue weighted by Gasteiger charge is -2.28. The largest absolute Gasteiger partial charge is 0.349 e. The molecule has 0 aromatic heterocycles. The minimum absolute atomic E-state index is 0.0844. The van der Waals surface area contributed by atoms with E-state index in [0.717, 1.165) is 37.9 Å². The van der Waals surface area contributed by atoms with Crippen LogP contribution in [0.25, 0.3) is 0 Å². The van der Waals surface area contributed by atoms with Gasteiger partial charge in [0.05, 0.1) is 11.5 Å². The Balaban J connectivity index is 2.06. The third kappa shape index (κ3) is 3.18. The number of hydrogen-bond donors (Lipinski definition) is 2. The summed E-state index contributed by atoms with van der Waals surface area (Å²) < 4.78 is 13.2. The molecule has 4 heteroatoms. The Hall–Kier alpha value is -1.42. The molecule has 20 heavy (non-hydrogen) atoms. The molecule has 0 saturated carbocycles. The Kier molecular flexibility index (Phi) is 4.76. The quantitative estimate of drug-likeness (QED) is 0.869. The highest BCUT2D eigenvalue weighted by molar-refractivity contribution is 5.83. The maximum absolute atomic E-state index is 13.2. The summed E-state index contributed by atoms with van der Waals surface area (Å²) in [4.78, 5) is 12.6. The molecule has 1 fully saturated rings. The normalized spacial score (nSPS) is 23.6.